The summed E-state index contributed by atoms with van der Waals surface area (Å²) in [4.78, 5) is 21.9. The first-order valence-electron chi connectivity index (χ1n) is 9.87. The summed E-state index contributed by atoms with van der Waals surface area (Å²) in [5, 5.41) is 2.91. The van der Waals surface area contributed by atoms with Gasteiger partial charge in [0, 0.05) is 10.0 Å². The Kier molecular flexibility index (Phi) is 6.65. The predicted molar refractivity (Wildman–Crippen MR) is 129 cm³/mol. The second-order valence-corrected chi connectivity index (χ2v) is 7.87. The normalized spacial score (nSPS) is 10.9. The van der Waals surface area contributed by atoms with Gasteiger partial charge in [-0.15, -0.1) is 0 Å². The molecule has 0 bridgehead atoms. The maximum atomic E-state index is 12.6. The van der Waals surface area contributed by atoms with Gasteiger partial charge in [-0.2, -0.15) is 0 Å². The summed E-state index contributed by atoms with van der Waals surface area (Å²) in [6.07, 6.45) is 5.79. The van der Waals surface area contributed by atoms with E-state index in [1.165, 1.54) is 0 Å². The molecular weight excluding hydrogens is 450 g/mol. The number of benzene rings is 3. The number of nitrogens with zero attached hydrogens (tertiary/aromatic N) is 2. The average molecular weight is 470 g/mol. The molecule has 0 radical (unpaired) electrons. The zero-order chi connectivity index (χ0) is 21.5. The molecule has 0 aliphatic carbocycles. The van der Waals surface area contributed by atoms with Crippen LogP contribution in [0.25, 0.3) is 23.4 Å². The Bertz CT molecular complexity index is 1190. The molecule has 0 aliphatic rings. The lowest BCUT2D eigenvalue weighted by Gasteiger charge is -2.10. The lowest BCUT2D eigenvalue weighted by molar-refractivity contribution is -0.115. The van der Waals surface area contributed by atoms with E-state index in [1.807, 2.05) is 97.1 Å². The molecule has 31 heavy (non-hydrogen) atoms. The van der Waals surface area contributed by atoms with Crippen LogP contribution in [0.15, 0.2) is 95.6 Å². The van der Waals surface area contributed by atoms with Crippen LogP contribution in [0.2, 0.25) is 0 Å². The number of rotatable bonds is 6. The van der Waals surface area contributed by atoms with Crippen LogP contribution in [0.4, 0.5) is 5.82 Å². The predicted octanol–water partition coefficient (Wildman–Crippen LogP) is 6.26. The number of hydrogen-bond donors (Lipinski definition) is 1. The minimum Gasteiger partial charge on any atom is -0.309 e. The number of amides is 1. The van der Waals surface area contributed by atoms with Gasteiger partial charge in [0.2, 0.25) is 5.91 Å². The average Bonchev–Trinajstić information content (AvgIpc) is 2.81. The monoisotopic (exact) mass is 469 g/mol. The molecule has 0 fully saturated rings. The molecule has 4 rings (SSSR count). The van der Waals surface area contributed by atoms with Crippen molar-refractivity contribution in [2.45, 2.75) is 6.42 Å². The summed E-state index contributed by atoms with van der Waals surface area (Å²) in [7, 11) is 0. The third kappa shape index (κ3) is 5.74. The Morgan fingerprint density at radius 1 is 0.871 bits per heavy atom. The second kappa shape index (κ2) is 9.96. The van der Waals surface area contributed by atoms with E-state index in [9.17, 15) is 4.79 Å². The zero-order valence-corrected chi connectivity index (χ0v) is 18.3. The van der Waals surface area contributed by atoms with Crippen molar-refractivity contribution < 1.29 is 4.79 Å². The topological polar surface area (TPSA) is 54.9 Å². The molecule has 4 nitrogen and oxygen atoms in total. The van der Waals surface area contributed by atoms with Crippen molar-refractivity contribution in [2.75, 3.05) is 5.32 Å². The third-order valence-corrected chi connectivity index (χ3v) is 5.17. The Morgan fingerprint density at radius 2 is 1.55 bits per heavy atom. The first kappa shape index (κ1) is 20.7. The van der Waals surface area contributed by atoms with Crippen LogP contribution in [-0.4, -0.2) is 15.9 Å². The molecule has 1 aromatic heterocycles. The maximum absolute atomic E-state index is 12.6. The van der Waals surface area contributed by atoms with E-state index in [-0.39, 0.29) is 12.3 Å². The van der Waals surface area contributed by atoms with Crippen LogP contribution in [0, 0.1) is 0 Å². The number of hydrogen-bond acceptors (Lipinski definition) is 3. The summed E-state index contributed by atoms with van der Waals surface area (Å²) >= 11 is 3.41. The van der Waals surface area contributed by atoms with Crippen molar-refractivity contribution in [3.05, 3.63) is 112 Å². The van der Waals surface area contributed by atoms with Gasteiger partial charge >= 0.3 is 0 Å². The molecular formula is C26H20BrN3O. The number of aromatic nitrogens is 2. The quantitative estimate of drug-likeness (QED) is 0.362. The van der Waals surface area contributed by atoms with Crippen molar-refractivity contribution in [3.63, 3.8) is 0 Å². The highest BCUT2D eigenvalue weighted by molar-refractivity contribution is 9.10. The second-order valence-electron chi connectivity index (χ2n) is 6.95. The molecule has 0 unspecified atom stereocenters. The Hall–Kier alpha value is -3.57. The molecule has 4 aromatic rings. The van der Waals surface area contributed by atoms with Gasteiger partial charge in [0.05, 0.1) is 18.3 Å². The van der Waals surface area contributed by atoms with Crippen molar-refractivity contribution in [2.24, 2.45) is 0 Å². The van der Waals surface area contributed by atoms with E-state index in [0.29, 0.717) is 11.5 Å². The highest BCUT2D eigenvalue weighted by atomic mass is 79.9. The van der Waals surface area contributed by atoms with Gasteiger partial charge in [-0.1, -0.05) is 94.8 Å². The van der Waals surface area contributed by atoms with Gasteiger partial charge in [0.15, 0.2) is 5.82 Å². The van der Waals surface area contributed by atoms with Gasteiger partial charge in [0.25, 0.3) is 0 Å². The molecule has 1 heterocycles. The number of halogens is 1. The molecule has 152 valence electrons. The molecule has 5 heteroatoms. The summed E-state index contributed by atoms with van der Waals surface area (Å²) in [6, 6.07) is 27.5. The molecule has 0 saturated carbocycles. The Morgan fingerprint density at radius 3 is 2.26 bits per heavy atom. The molecule has 3 aromatic carbocycles. The SMILES string of the molecule is O=C(Cc1ccc(Br)cc1)Nc1ncc(-c2ccccc2)nc1C=Cc1ccccc1. The fourth-order valence-electron chi connectivity index (χ4n) is 3.07. The minimum absolute atomic E-state index is 0.140. The van der Waals surface area contributed by atoms with Gasteiger partial charge in [-0.25, -0.2) is 9.97 Å². The largest absolute Gasteiger partial charge is 0.309 e. The smallest absolute Gasteiger partial charge is 0.230 e. The summed E-state index contributed by atoms with van der Waals surface area (Å²) in [5.74, 6) is 0.299. The first-order chi connectivity index (χ1) is 15.2. The van der Waals surface area contributed by atoms with Crippen molar-refractivity contribution >= 4 is 39.8 Å². The van der Waals surface area contributed by atoms with Crippen LogP contribution >= 0.6 is 15.9 Å². The van der Waals surface area contributed by atoms with E-state index >= 15 is 0 Å². The van der Waals surface area contributed by atoms with Crippen molar-refractivity contribution in [1.29, 1.82) is 0 Å². The summed E-state index contributed by atoms with van der Waals surface area (Å²) in [5.41, 5.74) is 4.29. The maximum Gasteiger partial charge on any atom is 0.230 e. The highest BCUT2D eigenvalue weighted by Gasteiger charge is 2.11. The fourth-order valence-corrected chi connectivity index (χ4v) is 3.33. The van der Waals surface area contributed by atoms with Crippen LogP contribution in [0.1, 0.15) is 16.8 Å². The molecule has 0 saturated heterocycles. The molecule has 0 aliphatic heterocycles. The highest BCUT2D eigenvalue weighted by Crippen LogP contribution is 2.21. The number of carbonyl (C=O) groups is 1. The minimum atomic E-state index is -0.140. The van der Waals surface area contributed by atoms with Gasteiger partial charge in [0.1, 0.15) is 5.69 Å². The third-order valence-electron chi connectivity index (χ3n) is 4.64. The van der Waals surface area contributed by atoms with Crippen molar-refractivity contribution in [3.8, 4) is 11.3 Å². The van der Waals surface area contributed by atoms with Crippen LogP contribution in [0.5, 0.6) is 0 Å². The van der Waals surface area contributed by atoms with Crippen LogP contribution in [-0.2, 0) is 11.2 Å². The van der Waals surface area contributed by atoms with Crippen molar-refractivity contribution in [1.82, 2.24) is 9.97 Å². The Balaban J connectivity index is 1.61. The van der Waals surface area contributed by atoms with E-state index in [2.05, 4.69) is 26.2 Å². The lowest BCUT2D eigenvalue weighted by Crippen LogP contribution is -2.16. The van der Waals surface area contributed by atoms with Crippen LogP contribution in [0.3, 0.4) is 0 Å². The summed E-state index contributed by atoms with van der Waals surface area (Å²) < 4.78 is 0.979. The molecule has 1 N–H and O–H groups in total. The first-order valence-corrected chi connectivity index (χ1v) is 10.7. The fraction of sp³-hybridized carbons (Fsp3) is 0.0385. The van der Waals surface area contributed by atoms with E-state index in [1.54, 1.807) is 6.20 Å². The lowest BCUT2D eigenvalue weighted by atomic mass is 10.1. The van der Waals surface area contributed by atoms with E-state index in [0.717, 1.165) is 26.9 Å². The molecule has 1 amide bonds. The van der Waals surface area contributed by atoms with Gasteiger partial charge in [-0.05, 0) is 29.3 Å². The Labute approximate surface area is 189 Å². The standard InChI is InChI=1S/C26H20BrN3O/c27-22-14-11-20(12-15-22)17-25(31)30-26-23(16-13-19-7-3-1-4-8-19)29-24(18-28-26)21-9-5-2-6-10-21/h1-16,18H,17H2,(H,28,30,31). The molecule has 0 spiro atoms. The number of nitrogens with one attached hydrogen (secondary N) is 1. The van der Waals surface area contributed by atoms with E-state index < -0.39 is 0 Å². The number of carbonyl (C=O) groups excluding carboxylic acids is 1. The van der Waals surface area contributed by atoms with Gasteiger partial charge < -0.3 is 5.32 Å². The molecule has 0 atom stereocenters. The van der Waals surface area contributed by atoms with Gasteiger partial charge in [-0.3, -0.25) is 4.79 Å². The van der Waals surface area contributed by atoms with E-state index in [4.69, 9.17) is 4.98 Å². The zero-order valence-electron chi connectivity index (χ0n) is 16.7. The summed E-state index contributed by atoms with van der Waals surface area (Å²) in [6.45, 7) is 0. The van der Waals surface area contributed by atoms with Crippen LogP contribution < -0.4 is 5.32 Å². The number of anilines is 1.